The number of carbonyl (C=O) groups is 3. The normalized spacial score (nSPS) is 15.8. The van der Waals surface area contributed by atoms with E-state index in [1.54, 1.807) is 24.3 Å². The fourth-order valence-corrected chi connectivity index (χ4v) is 5.52. The van der Waals surface area contributed by atoms with Crippen molar-refractivity contribution in [3.63, 3.8) is 0 Å². The van der Waals surface area contributed by atoms with Crippen LogP contribution in [0.2, 0.25) is 0 Å². The number of amides is 3. The second-order valence-electron chi connectivity index (χ2n) is 10.7. The number of nitrogens with zero attached hydrogens (tertiary/aromatic N) is 1. The molecular formula is C35H35N3O6. The summed E-state index contributed by atoms with van der Waals surface area (Å²) < 4.78 is 11.6. The minimum absolute atomic E-state index is 0.0498. The standard InChI is InChI=1S/C35H35N3O6/c1-23-8-6-7-11-29(23)36-35(42)37-30-18-12-24(20-32(30)43-2)21-33(39)38-27(15-19-31(38)25-9-4-3-5-10-25)22-44-28-16-13-26(14-17-28)34(40)41/h3-14,16-18,20,27,31H,15,19,21-22H2,1-2H3,(H,40,41)(H2,36,37,42). The van der Waals surface area contributed by atoms with E-state index in [2.05, 4.69) is 10.6 Å². The Balaban J connectivity index is 1.30. The van der Waals surface area contributed by atoms with Crippen LogP contribution in [0.1, 0.15) is 45.9 Å². The van der Waals surface area contributed by atoms with Gasteiger partial charge in [-0.3, -0.25) is 4.79 Å². The van der Waals surface area contributed by atoms with Crippen LogP contribution in [0, 0.1) is 6.92 Å². The zero-order valence-electron chi connectivity index (χ0n) is 24.7. The number of aryl methyl sites for hydroxylation is 1. The van der Waals surface area contributed by atoms with Gasteiger partial charge in [-0.05, 0) is 78.9 Å². The summed E-state index contributed by atoms with van der Waals surface area (Å²) in [4.78, 5) is 39.7. The van der Waals surface area contributed by atoms with Crippen molar-refractivity contribution in [3.05, 3.63) is 119 Å². The van der Waals surface area contributed by atoms with Crippen molar-refractivity contribution in [2.45, 2.75) is 38.3 Å². The third kappa shape index (κ3) is 7.18. The molecule has 9 heteroatoms. The van der Waals surface area contributed by atoms with Crippen molar-refractivity contribution < 1.29 is 29.0 Å². The number of rotatable bonds is 10. The van der Waals surface area contributed by atoms with Crippen LogP contribution < -0.4 is 20.1 Å². The number of carboxylic acids is 1. The fourth-order valence-electron chi connectivity index (χ4n) is 5.52. The summed E-state index contributed by atoms with van der Waals surface area (Å²) >= 11 is 0. The molecule has 9 nitrogen and oxygen atoms in total. The number of carboxylic acid groups (broad SMARTS) is 1. The van der Waals surface area contributed by atoms with E-state index in [4.69, 9.17) is 14.6 Å². The monoisotopic (exact) mass is 593 g/mol. The van der Waals surface area contributed by atoms with Gasteiger partial charge in [-0.15, -0.1) is 0 Å². The lowest BCUT2D eigenvalue weighted by atomic mass is 10.0. The topological polar surface area (TPSA) is 117 Å². The molecule has 2 atom stereocenters. The van der Waals surface area contributed by atoms with Crippen molar-refractivity contribution in [1.82, 2.24) is 4.90 Å². The summed E-state index contributed by atoms with van der Waals surface area (Å²) in [6.07, 6.45) is 1.70. The second kappa shape index (κ2) is 13.8. The maximum atomic E-state index is 13.9. The predicted molar refractivity (Wildman–Crippen MR) is 168 cm³/mol. The summed E-state index contributed by atoms with van der Waals surface area (Å²) in [5.74, 6) is -0.0576. The van der Waals surface area contributed by atoms with Crippen molar-refractivity contribution in [1.29, 1.82) is 0 Å². The smallest absolute Gasteiger partial charge is 0.335 e. The van der Waals surface area contributed by atoms with E-state index in [1.165, 1.54) is 19.2 Å². The number of carbonyl (C=O) groups excluding carboxylic acids is 2. The molecular weight excluding hydrogens is 558 g/mol. The highest BCUT2D eigenvalue weighted by molar-refractivity contribution is 6.01. The molecule has 4 aromatic rings. The molecule has 2 unspecified atom stereocenters. The molecule has 1 fully saturated rings. The first kappa shape index (κ1) is 30.2. The number of ether oxygens (including phenoxy) is 2. The summed E-state index contributed by atoms with van der Waals surface area (Å²) in [6.45, 7) is 2.20. The van der Waals surface area contributed by atoms with Gasteiger partial charge in [-0.2, -0.15) is 0 Å². The quantitative estimate of drug-likeness (QED) is 0.188. The van der Waals surface area contributed by atoms with Crippen molar-refractivity contribution >= 4 is 29.3 Å². The van der Waals surface area contributed by atoms with E-state index in [0.29, 0.717) is 22.9 Å². The van der Waals surface area contributed by atoms with Crippen LogP contribution in [0.4, 0.5) is 16.2 Å². The minimum atomic E-state index is -0.999. The molecule has 4 aromatic carbocycles. The minimum Gasteiger partial charge on any atom is -0.495 e. The summed E-state index contributed by atoms with van der Waals surface area (Å²) in [5.41, 5.74) is 4.13. The number of para-hydroxylation sites is 1. The lowest BCUT2D eigenvalue weighted by molar-refractivity contribution is -0.134. The Kier molecular flexibility index (Phi) is 9.44. The summed E-state index contributed by atoms with van der Waals surface area (Å²) in [5, 5.41) is 14.8. The number of methoxy groups -OCH3 is 1. The number of urea groups is 1. The first-order chi connectivity index (χ1) is 21.3. The summed E-state index contributed by atoms with van der Waals surface area (Å²) in [7, 11) is 1.52. The number of nitrogens with one attached hydrogen (secondary N) is 2. The Morgan fingerprint density at radius 2 is 1.57 bits per heavy atom. The molecule has 0 saturated carbocycles. The number of aromatic carboxylic acids is 1. The Bertz CT molecular complexity index is 1620. The van der Waals surface area contributed by atoms with Crippen molar-refractivity contribution in [2.75, 3.05) is 24.4 Å². The molecule has 3 amide bonds. The van der Waals surface area contributed by atoms with E-state index >= 15 is 0 Å². The first-order valence-electron chi connectivity index (χ1n) is 14.4. The molecule has 0 aliphatic carbocycles. The zero-order chi connectivity index (χ0) is 31.1. The maximum absolute atomic E-state index is 13.9. The molecule has 1 aliphatic rings. The van der Waals surface area contributed by atoms with E-state index in [0.717, 1.165) is 29.5 Å². The molecule has 0 bridgehead atoms. The average molecular weight is 594 g/mol. The van der Waals surface area contributed by atoms with Gasteiger partial charge in [0.05, 0.1) is 36.9 Å². The van der Waals surface area contributed by atoms with Gasteiger partial charge in [0.15, 0.2) is 0 Å². The van der Waals surface area contributed by atoms with E-state index in [9.17, 15) is 14.4 Å². The van der Waals surface area contributed by atoms with Crippen LogP contribution in [0.25, 0.3) is 0 Å². The molecule has 1 heterocycles. The summed E-state index contributed by atoms with van der Waals surface area (Å²) in [6, 6.07) is 28.4. The molecule has 0 aromatic heterocycles. The Labute approximate surface area is 256 Å². The van der Waals surface area contributed by atoms with Crippen LogP contribution in [0.3, 0.4) is 0 Å². The SMILES string of the molecule is COc1cc(CC(=O)N2C(COc3ccc(C(=O)O)cc3)CCC2c2ccccc2)ccc1NC(=O)Nc1ccccc1C. The number of hydrogen-bond acceptors (Lipinski definition) is 5. The van der Waals surface area contributed by atoms with Crippen LogP contribution in [0.5, 0.6) is 11.5 Å². The third-order valence-electron chi connectivity index (χ3n) is 7.78. The lowest BCUT2D eigenvalue weighted by Crippen LogP contribution is -2.41. The van der Waals surface area contributed by atoms with Crippen LogP contribution in [-0.4, -0.2) is 47.7 Å². The molecule has 0 radical (unpaired) electrons. The molecule has 5 rings (SSSR count). The molecule has 1 saturated heterocycles. The largest absolute Gasteiger partial charge is 0.495 e. The fraction of sp³-hybridized carbons (Fsp3) is 0.229. The highest BCUT2D eigenvalue weighted by Crippen LogP contribution is 2.37. The Morgan fingerprint density at radius 1 is 0.864 bits per heavy atom. The number of benzene rings is 4. The van der Waals surface area contributed by atoms with Crippen LogP contribution >= 0.6 is 0 Å². The highest BCUT2D eigenvalue weighted by Gasteiger charge is 2.38. The highest BCUT2D eigenvalue weighted by atomic mass is 16.5. The van der Waals surface area contributed by atoms with Gasteiger partial charge in [-0.25, -0.2) is 9.59 Å². The van der Waals surface area contributed by atoms with Gasteiger partial charge in [-0.1, -0.05) is 54.6 Å². The van der Waals surface area contributed by atoms with Gasteiger partial charge < -0.3 is 30.1 Å². The third-order valence-corrected chi connectivity index (χ3v) is 7.78. The second-order valence-corrected chi connectivity index (χ2v) is 10.7. The number of hydrogen-bond donors (Lipinski definition) is 3. The lowest BCUT2D eigenvalue weighted by Gasteiger charge is -2.31. The average Bonchev–Trinajstić information content (AvgIpc) is 3.46. The van der Waals surface area contributed by atoms with Gasteiger partial charge in [0, 0.05) is 5.69 Å². The van der Waals surface area contributed by atoms with Crippen LogP contribution in [-0.2, 0) is 11.2 Å². The molecule has 0 spiro atoms. The number of likely N-dealkylation sites (tertiary alicyclic amines) is 1. The van der Waals surface area contributed by atoms with E-state index in [-0.39, 0.29) is 36.6 Å². The van der Waals surface area contributed by atoms with E-state index < -0.39 is 12.0 Å². The van der Waals surface area contributed by atoms with Gasteiger partial charge >= 0.3 is 12.0 Å². The molecule has 3 N–H and O–H groups in total. The van der Waals surface area contributed by atoms with Crippen LogP contribution in [0.15, 0.2) is 97.1 Å². The van der Waals surface area contributed by atoms with Gasteiger partial charge in [0.25, 0.3) is 0 Å². The first-order valence-corrected chi connectivity index (χ1v) is 14.4. The van der Waals surface area contributed by atoms with Crippen molar-refractivity contribution in [2.24, 2.45) is 0 Å². The Morgan fingerprint density at radius 3 is 2.27 bits per heavy atom. The van der Waals surface area contributed by atoms with Gasteiger partial charge in [0.1, 0.15) is 18.1 Å². The number of anilines is 2. The van der Waals surface area contributed by atoms with Crippen molar-refractivity contribution in [3.8, 4) is 11.5 Å². The molecule has 226 valence electrons. The molecule has 1 aliphatic heterocycles. The maximum Gasteiger partial charge on any atom is 0.335 e. The predicted octanol–water partition coefficient (Wildman–Crippen LogP) is 6.70. The van der Waals surface area contributed by atoms with E-state index in [1.807, 2.05) is 72.5 Å². The van der Waals surface area contributed by atoms with Gasteiger partial charge in [0.2, 0.25) is 5.91 Å². The Hall–Kier alpha value is -5.31. The molecule has 44 heavy (non-hydrogen) atoms. The zero-order valence-corrected chi connectivity index (χ0v) is 24.7.